The van der Waals surface area contributed by atoms with Crippen LogP contribution in [0.4, 0.5) is 0 Å². The second-order valence-corrected chi connectivity index (χ2v) is 5.41. The lowest BCUT2D eigenvalue weighted by atomic mass is 9.94. The fourth-order valence-corrected chi connectivity index (χ4v) is 2.07. The van der Waals surface area contributed by atoms with Gasteiger partial charge in [0, 0.05) is 5.57 Å². The summed E-state index contributed by atoms with van der Waals surface area (Å²) in [6, 6.07) is 7.13. The van der Waals surface area contributed by atoms with Crippen molar-refractivity contribution in [1.29, 1.82) is 0 Å². The average molecular weight is 322 g/mol. The fraction of sp³-hybridized carbons (Fsp3) is 0.500. The molecule has 0 fully saturated rings. The molecule has 0 aliphatic heterocycles. The average Bonchev–Trinajstić information content (AvgIpc) is 2.57. The van der Waals surface area contributed by atoms with Crippen molar-refractivity contribution >= 4 is 5.97 Å². The van der Waals surface area contributed by atoms with Crippen LogP contribution in [0.1, 0.15) is 38.9 Å². The molecular weight excluding hydrogens is 296 g/mol. The van der Waals surface area contributed by atoms with Crippen LogP contribution < -0.4 is 4.74 Å². The van der Waals surface area contributed by atoms with Crippen LogP contribution in [0.15, 0.2) is 35.9 Å². The minimum absolute atomic E-state index is 0.0342. The normalized spacial score (nSPS) is 14.2. The fourth-order valence-electron chi connectivity index (χ4n) is 2.07. The Bertz CT molecular complexity index is 507. The maximum atomic E-state index is 11.5. The Balaban J connectivity index is 2.60. The van der Waals surface area contributed by atoms with Crippen molar-refractivity contribution in [3.05, 3.63) is 41.5 Å². The molecule has 1 aromatic rings. The number of carbonyl (C=O) groups excluding carboxylic acids is 1. The Kier molecular flexibility index (Phi) is 8.37. The van der Waals surface area contributed by atoms with Crippen LogP contribution in [-0.2, 0) is 9.53 Å². The van der Waals surface area contributed by atoms with Crippen LogP contribution >= 0.6 is 0 Å². The zero-order valence-electron chi connectivity index (χ0n) is 14.0. The molecule has 2 atom stereocenters. The van der Waals surface area contributed by atoms with Crippen LogP contribution in [0.3, 0.4) is 0 Å². The number of benzene rings is 1. The Morgan fingerprint density at radius 1 is 1.30 bits per heavy atom. The number of ether oxygens (including phenoxy) is 2. The zero-order chi connectivity index (χ0) is 17.2. The maximum Gasteiger partial charge on any atom is 0.333 e. The van der Waals surface area contributed by atoms with Crippen molar-refractivity contribution in [2.75, 3.05) is 19.8 Å². The molecule has 1 rings (SSSR count). The molecule has 5 heteroatoms. The standard InChI is InChI=1S/C18H26O5/c1-4-22-18(21)14(3)6-5-13(2)17(20)15-7-9-16(10-8-15)23-12-11-19/h6-10,13,17,19-20H,4-5,11-12H2,1-3H3/b14-6+/t13-,17-/m0/s1. The van der Waals surface area contributed by atoms with E-state index in [0.29, 0.717) is 24.4 Å². The number of carbonyl (C=O) groups is 1. The molecule has 0 radical (unpaired) electrons. The van der Waals surface area contributed by atoms with E-state index in [9.17, 15) is 9.90 Å². The highest BCUT2D eigenvalue weighted by Gasteiger charge is 2.16. The molecule has 5 nitrogen and oxygen atoms in total. The van der Waals surface area contributed by atoms with Gasteiger partial charge in [0.2, 0.25) is 0 Å². The second kappa shape index (κ2) is 10.0. The van der Waals surface area contributed by atoms with E-state index in [1.54, 1.807) is 44.2 Å². The van der Waals surface area contributed by atoms with Gasteiger partial charge >= 0.3 is 5.97 Å². The molecule has 0 aromatic heterocycles. The maximum absolute atomic E-state index is 11.5. The van der Waals surface area contributed by atoms with E-state index in [4.69, 9.17) is 14.6 Å². The van der Waals surface area contributed by atoms with Gasteiger partial charge in [0.05, 0.1) is 19.3 Å². The topological polar surface area (TPSA) is 76.0 Å². The molecule has 1 aromatic carbocycles. The highest BCUT2D eigenvalue weighted by atomic mass is 16.5. The van der Waals surface area contributed by atoms with Gasteiger partial charge < -0.3 is 19.7 Å². The van der Waals surface area contributed by atoms with Crippen LogP contribution in [0.25, 0.3) is 0 Å². The first-order valence-corrected chi connectivity index (χ1v) is 7.85. The predicted molar refractivity (Wildman–Crippen MR) is 88.2 cm³/mol. The lowest BCUT2D eigenvalue weighted by Gasteiger charge is -2.18. The van der Waals surface area contributed by atoms with E-state index in [1.807, 2.05) is 6.92 Å². The lowest BCUT2D eigenvalue weighted by Crippen LogP contribution is -2.10. The third-order valence-electron chi connectivity index (χ3n) is 3.51. The number of allylic oxidation sites excluding steroid dienone is 1. The molecule has 0 saturated heterocycles. The summed E-state index contributed by atoms with van der Waals surface area (Å²) in [5.41, 5.74) is 1.34. The summed E-state index contributed by atoms with van der Waals surface area (Å²) < 4.78 is 10.2. The van der Waals surface area contributed by atoms with Crippen LogP contribution in [0.5, 0.6) is 5.75 Å². The molecule has 0 spiro atoms. The monoisotopic (exact) mass is 322 g/mol. The van der Waals surface area contributed by atoms with Gasteiger partial charge in [-0.25, -0.2) is 4.79 Å². The molecule has 0 saturated carbocycles. The summed E-state index contributed by atoms with van der Waals surface area (Å²) in [7, 11) is 0. The van der Waals surface area contributed by atoms with Crippen molar-refractivity contribution in [2.24, 2.45) is 5.92 Å². The molecule has 0 heterocycles. The largest absolute Gasteiger partial charge is 0.491 e. The van der Waals surface area contributed by atoms with Crippen LogP contribution in [-0.4, -0.2) is 36.0 Å². The van der Waals surface area contributed by atoms with E-state index >= 15 is 0 Å². The van der Waals surface area contributed by atoms with Gasteiger partial charge in [-0.05, 0) is 43.9 Å². The van der Waals surface area contributed by atoms with Gasteiger partial charge in [-0.3, -0.25) is 0 Å². The summed E-state index contributed by atoms with van der Waals surface area (Å²) >= 11 is 0. The van der Waals surface area contributed by atoms with Crippen molar-refractivity contribution in [3.63, 3.8) is 0 Å². The summed E-state index contributed by atoms with van der Waals surface area (Å²) in [5, 5.41) is 19.1. The first-order valence-electron chi connectivity index (χ1n) is 7.85. The van der Waals surface area contributed by atoms with Gasteiger partial charge in [-0.1, -0.05) is 25.1 Å². The van der Waals surface area contributed by atoms with E-state index in [2.05, 4.69) is 0 Å². The zero-order valence-corrected chi connectivity index (χ0v) is 14.0. The van der Waals surface area contributed by atoms with E-state index < -0.39 is 6.10 Å². The van der Waals surface area contributed by atoms with Crippen LogP contribution in [0, 0.1) is 5.92 Å². The van der Waals surface area contributed by atoms with E-state index in [0.717, 1.165) is 5.56 Å². The van der Waals surface area contributed by atoms with Gasteiger partial charge in [0.1, 0.15) is 12.4 Å². The van der Waals surface area contributed by atoms with Crippen molar-refractivity contribution < 1.29 is 24.5 Å². The Labute approximate surface area is 137 Å². The second-order valence-electron chi connectivity index (χ2n) is 5.41. The molecule has 0 amide bonds. The Morgan fingerprint density at radius 2 is 1.96 bits per heavy atom. The first kappa shape index (κ1) is 19.2. The predicted octanol–water partition coefficient (Wildman–Crippen LogP) is 2.63. The van der Waals surface area contributed by atoms with Crippen molar-refractivity contribution in [2.45, 2.75) is 33.3 Å². The summed E-state index contributed by atoms with van der Waals surface area (Å²) in [5.74, 6) is 0.295. The Morgan fingerprint density at radius 3 is 2.52 bits per heavy atom. The molecule has 128 valence electrons. The van der Waals surface area contributed by atoms with E-state index in [-0.39, 0.29) is 25.1 Å². The highest BCUT2D eigenvalue weighted by molar-refractivity contribution is 5.87. The molecule has 2 N–H and O–H groups in total. The van der Waals surface area contributed by atoms with E-state index in [1.165, 1.54) is 0 Å². The quantitative estimate of drug-likeness (QED) is 0.540. The lowest BCUT2D eigenvalue weighted by molar-refractivity contribution is -0.138. The Hall–Kier alpha value is -1.85. The van der Waals surface area contributed by atoms with Crippen molar-refractivity contribution in [1.82, 2.24) is 0 Å². The van der Waals surface area contributed by atoms with Gasteiger partial charge in [-0.15, -0.1) is 0 Å². The van der Waals surface area contributed by atoms with Crippen LogP contribution in [0.2, 0.25) is 0 Å². The summed E-state index contributed by atoms with van der Waals surface area (Å²) in [6.45, 7) is 5.97. The minimum atomic E-state index is -0.631. The summed E-state index contributed by atoms with van der Waals surface area (Å²) in [4.78, 5) is 11.5. The number of esters is 1. The van der Waals surface area contributed by atoms with Gasteiger partial charge in [0.25, 0.3) is 0 Å². The number of aliphatic hydroxyl groups excluding tert-OH is 2. The minimum Gasteiger partial charge on any atom is -0.491 e. The van der Waals surface area contributed by atoms with Gasteiger partial charge in [-0.2, -0.15) is 0 Å². The number of rotatable bonds is 9. The SMILES string of the molecule is CCOC(=O)/C(C)=C/C[C@H](C)[C@H](O)c1ccc(OCCO)cc1. The molecule has 0 bridgehead atoms. The molecular formula is C18H26O5. The number of aliphatic hydroxyl groups is 2. The first-order chi connectivity index (χ1) is 11.0. The molecule has 0 aliphatic carbocycles. The molecule has 0 unspecified atom stereocenters. The smallest absolute Gasteiger partial charge is 0.333 e. The number of hydrogen-bond donors (Lipinski definition) is 2. The van der Waals surface area contributed by atoms with Gasteiger partial charge in [0.15, 0.2) is 0 Å². The third-order valence-corrected chi connectivity index (χ3v) is 3.51. The molecule has 23 heavy (non-hydrogen) atoms. The summed E-state index contributed by atoms with van der Waals surface area (Å²) in [6.07, 6.45) is 1.74. The number of hydrogen-bond acceptors (Lipinski definition) is 5. The third kappa shape index (κ3) is 6.42. The molecule has 0 aliphatic rings. The highest BCUT2D eigenvalue weighted by Crippen LogP contribution is 2.26. The van der Waals surface area contributed by atoms with Crippen molar-refractivity contribution in [3.8, 4) is 5.75 Å².